The van der Waals surface area contributed by atoms with Crippen molar-refractivity contribution < 1.29 is 14.7 Å². The molecule has 0 atom stereocenters. The van der Waals surface area contributed by atoms with Crippen LogP contribution in [0.4, 0.5) is 4.79 Å². The summed E-state index contributed by atoms with van der Waals surface area (Å²) in [5.41, 5.74) is -0.697. The van der Waals surface area contributed by atoms with Gasteiger partial charge in [-0.25, -0.2) is 4.79 Å². The summed E-state index contributed by atoms with van der Waals surface area (Å²) in [6.07, 6.45) is 5.41. The van der Waals surface area contributed by atoms with Gasteiger partial charge in [-0.05, 0) is 32.1 Å². The summed E-state index contributed by atoms with van der Waals surface area (Å²) in [7, 11) is 0. The SMILES string of the molecule is CCCN(C(=O)NCC1(C(=O)O)CCC1)C1CC1. The normalized spacial score (nSPS) is 20.9. The van der Waals surface area contributed by atoms with Crippen LogP contribution in [0.15, 0.2) is 0 Å². The zero-order valence-electron chi connectivity index (χ0n) is 10.9. The molecule has 0 aromatic rings. The molecule has 2 rings (SSSR count). The van der Waals surface area contributed by atoms with Gasteiger partial charge in [0.15, 0.2) is 0 Å². The average molecular weight is 254 g/mol. The van der Waals surface area contributed by atoms with Crippen LogP contribution in [0.2, 0.25) is 0 Å². The van der Waals surface area contributed by atoms with Crippen LogP contribution in [0.25, 0.3) is 0 Å². The number of hydrogen-bond donors (Lipinski definition) is 2. The minimum absolute atomic E-state index is 0.0909. The van der Waals surface area contributed by atoms with Gasteiger partial charge < -0.3 is 15.3 Å². The minimum Gasteiger partial charge on any atom is -0.481 e. The molecule has 2 saturated carbocycles. The molecule has 2 fully saturated rings. The second-order valence-corrected chi connectivity index (χ2v) is 5.52. The van der Waals surface area contributed by atoms with Gasteiger partial charge in [-0.3, -0.25) is 4.79 Å². The Labute approximate surface area is 108 Å². The first kappa shape index (κ1) is 13.2. The molecule has 0 radical (unpaired) electrons. The molecule has 5 nitrogen and oxygen atoms in total. The number of carboxylic acid groups (broad SMARTS) is 1. The van der Waals surface area contributed by atoms with Crippen LogP contribution in [0.5, 0.6) is 0 Å². The highest BCUT2D eigenvalue weighted by Crippen LogP contribution is 2.40. The molecular formula is C13H22N2O3. The first-order valence-corrected chi connectivity index (χ1v) is 6.87. The van der Waals surface area contributed by atoms with Crippen LogP contribution >= 0.6 is 0 Å². The molecule has 0 aromatic heterocycles. The van der Waals surface area contributed by atoms with E-state index in [0.717, 1.165) is 32.2 Å². The number of nitrogens with zero attached hydrogens (tertiary/aromatic N) is 1. The van der Waals surface area contributed by atoms with E-state index in [9.17, 15) is 14.7 Å². The quantitative estimate of drug-likeness (QED) is 0.759. The highest BCUT2D eigenvalue weighted by Gasteiger charge is 2.45. The fraction of sp³-hybridized carbons (Fsp3) is 0.846. The zero-order valence-corrected chi connectivity index (χ0v) is 10.9. The molecule has 0 spiro atoms. The number of nitrogens with one attached hydrogen (secondary N) is 1. The molecule has 2 aliphatic carbocycles. The monoisotopic (exact) mass is 254 g/mol. The van der Waals surface area contributed by atoms with Crippen molar-refractivity contribution in [1.82, 2.24) is 10.2 Å². The number of hydrogen-bond acceptors (Lipinski definition) is 2. The summed E-state index contributed by atoms with van der Waals surface area (Å²) >= 11 is 0. The predicted molar refractivity (Wildman–Crippen MR) is 67.3 cm³/mol. The molecule has 5 heteroatoms. The third-order valence-electron chi connectivity index (χ3n) is 4.06. The number of amides is 2. The number of urea groups is 1. The zero-order chi connectivity index (χ0) is 13.2. The summed E-state index contributed by atoms with van der Waals surface area (Å²) in [5.74, 6) is -0.775. The molecular weight excluding hydrogens is 232 g/mol. The number of carbonyl (C=O) groups is 2. The van der Waals surface area contributed by atoms with Gasteiger partial charge in [0, 0.05) is 19.1 Å². The van der Waals surface area contributed by atoms with E-state index in [2.05, 4.69) is 5.32 Å². The molecule has 102 valence electrons. The Balaban J connectivity index is 1.84. The lowest BCUT2D eigenvalue weighted by molar-refractivity contribution is -0.153. The molecule has 2 N–H and O–H groups in total. The smallest absolute Gasteiger partial charge is 0.317 e. The van der Waals surface area contributed by atoms with Crippen molar-refractivity contribution in [2.45, 2.75) is 51.5 Å². The first-order valence-electron chi connectivity index (χ1n) is 6.87. The van der Waals surface area contributed by atoms with Crippen molar-refractivity contribution in [1.29, 1.82) is 0 Å². The van der Waals surface area contributed by atoms with Gasteiger partial charge in [-0.2, -0.15) is 0 Å². The largest absolute Gasteiger partial charge is 0.481 e. The summed E-state index contributed by atoms with van der Waals surface area (Å²) in [6, 6.07) is 0.291. The predicted octanol–water partition coefficient (Wildman–Crippen LogP) is 1.83. The Bertz CT molecular complexity index is 335. The van der Waals surface area contributed by atoms with Crippen LogP contribution in [0.1, 0.15) is 45.4 Å². The minimum atomic E-state index is -0.775. The summed E-state index contributed by atoms with van der Waals surface area (Å²) < 4.78 is 0. The second kappa shape index (κ2) is 5.16. The van der Waals surface area contributed by atoms with E-state index >= 15 is 0 Å². The van der Waals surface area contributed by atoms with Crippen molar-refractivity contribution in [3.8, 4) is 0 Å². The van der Waals surface area contributed by atoms with Crippen molar-refractivity contribution in [2.24, 2.45) is 5.41 Å². The molecule has 18 heavy (non-hydrogen) atoms. The van der Waals surface area contributed by atoms with E-state index in [1.165, 1.54) is 0 Å². The van der Waals surface area contributed by atoms with Crippen LogP contribution in [-0.4, -0.2) is 41.1 Å². The molecule has 0 unspecified atom stereocenters. The van der Waals surface area contributed by atoms with E-state index in [1.807, 2.05) is 11.8 Å². The maximum Gasteiger partial charge on any atom is 0.317 e. The highest BCUT2D eigenvalue weighted by molar-refractivity contribution is 5.79. The summed E-state index contributed by atoms with van der Waals surface area (Å²) in [5, 5.41) is 12.0. The number of carbonyl (C=O) groups excluding carboxylic acids is 1. The Morgan fingerprint density at radius 3 is 2.44 bits per heavy atom. The summed E-state index contributed by atoms with van der Waals surface area (Å²) in [6.45, 7) is 3.08. The molecule has 0 saturated heterocycles. The van der Waals surface area contributed by atoms with Gasteiger partial charge >= 0.3 is 12.0 Å². The van der Waals surface area contributed by atoms with Crippen LogP contribution in [0, 0.1) is 5.41 Å². The summed E-state index contributed by atoms with van der Waals surface area (Å²) in [4.78, 5) is 25.1. The topological polar surface area (TPSA) is 69.6 Å². The lowest BCUT2D eigenvalue weighted by Crippen LogP contribution is -2.51. The van der Waals surface area contributed by atoms with E-state index in [0.29, 0.717) is 18.9 Å². The third-order valence-corrected chi connectivity index (χ3v) is 4.06. The Morgan fingerprint density at radius 1 is 1.39 bits per heavy atom. The maximum atomic E-state index is 12.0. The van der Waals surface area contributed by atoms with Crippen molar-refractivity contribution in [3.05, 3.63) is 0 Å². The molecule has 0 heterocycles. The van der Waals surface area contributed by atoms with Gasteiger partial charge in [0.25, 0.3) is 0 Å². The van der Waals surface area contributed by atoms with Crippen molar-refractivity contribution in [3.63, 3.8) is 0 Å². The van der Waals surface area contributed by atoms with Gasteiger partial charge in [-0.1, -0.05) is 13.3 Å². The van der Waals surface area contributed by atoms with E-state index in [1.54, 1.807) is 0 Å². The van der Waals surface area contributed by atoms with E-state index in [-0.39, 0.29) is 12.6 Å². The molecule has 0 bridgehead atoms. The number of aliphatic carboxylic acids is 1. The second-order valence-electron chi connectivity index (χ2n) is 5.52. The molecule has 2 aliphatic rings. The van der Waals surface area contributed by atoms with Gasteiger partial charge in [0.05, 0.1) is 5.41 Å². The van der Waals surface area contributed by atoms with Crippen LogP contribution < -0.4 is 5.32 Å². The molecule has 0 aliphatic heterocycles. The Kier molecular flexibility index (Phi) is 3.78. The van der Waals surface area contributed by atoms with E-state index < -0.39 is 11.4 Å². The molecule has 2 amide bonds. The van der Waals surface area contributed by atoms with E-state index in [4.69, 9.17) is 0 Å². The number of carboxylic acids is 1. The lowest BCUT2D eigenvalue weighted by atomic mass is 9.69. The van der Waals surface area contributed by atoms with Gasteiger partial charge in [0.1, 0.15) is 0 Å². The number of rotatable bonds is 6. The average Bonchev–Trinajstić information content (AvgIpc) is 3.07. The maximum absolute atomic E-state index is 12.0. The van der Waals surface area contributed by atoms with Crippen molar-refractivity contribution >= 4 is 12.0 Å². The Morgan fingerprint density at radius 2 is 2.06 bits per heavy atom. The van der Waals surface area contributed by atoms with Gasteiger partial charge in [0.2, 0.25) is 0 Å². The first-order chi connectivity index (χ1) is 8.59. The lowest BCUT2D eigenvalue weighted by Gasteiger charge is -2.38. The molecule has 0 aromatic carbocycles. The van der Waals surface area contributed by atoms with Crippen molar-refractivity contribution in [2.75, 3.05) is 13.1 Å². The van der Waals surface area contributed by atoms with Crippen LogP contribution in [0.3, 0.4) is 0 Å². The third kappa shape index (κ3) is 2.60. The standard InChI is InChI=1S/C13H22N2O3/c1-2-8-15(10-4-5-10)12(18)14-9-13(11(16)17)6-3-7-13/h10H,2-9H2,1H3,(H,14,18)(H,16,17). The highest BCUT2D eigenvalue weighted by atomic mass is 16.4. The fourth-order valence-corrected chi connectivity index (χ4v) is 2.49. The fourth-order valence-electron chi connectivity index (χ4n) is 2.49. The Hall–Kier alpha value is -1.26. The van der Waals surface area contributed by atoms with Gasteiger partial charge in [-0.15, -0.1) is 0 Å². The van der Waals surface area contributed by atoms with Crippen LogP contribution in [-0.2, 0) is 4.79 Å².